The molecule has 2 rings (SSSR count). The smallest absolute Gasteiger partial charge is 0.0951 e. The molecule has 0 aliphatic carbocycles. The van der Waals surface area contributed by atoms with Gasteiger partial charge in [-0.2, -0.15) is 0 Å². The van der Waals surface area contributed by atoms with Crippen LogP contribution >= 0.6 is 0 Å². The van der Waals surface area contributed by atoms with E-state index in [1.54, 1.807) is 0 Å². The van der Waals surface area contributed by atoms with Crippen molar-refractivity contribution in [2.75, 3.05) is 0 Å². The fourth-order valence-corrected chi connectivity index (χ4v) is 2.57. The van der Waals surface area contributed by atoms with E-state index in [1.165, 1.54) is 12.8 Å². The third-order valence-electron chi connectivity index (χ3n) is 3.66. The summed E-state index contributed by atoms with van der Waals surface area (Å²) in [6.07, 6.45) is 7.27. The van der Waals surface area contributed by atoms with Crippen LogP contribution in [0.2, 0.25) is 0 Å². The second kappa shape index (κ2) is 6.53. The molecular formula is C16H23N3. The van der Waals surface area contributed by atoms with Gasteiger partial charge in [0.15, 0.2) is 0 Å². The molecule has 3 nitrogen and oxygen atoms in total. The summed E-state index contributed by atoms with van der Waals surface area (Å²) in [5.41, 5.74) is 8.63. The summed E-state index contributed by atoms with van der Waals surface area (Å²) < 4.78 is 2.25. The monoisotopic (exact) mass is 257 g/mol. The lowest BCUT2D eigenvalue weighted by molar-refractivity contribution is 0.431. The maximum Gasteiger partial charge on any atom is 0.0951 e. The molecule has 0 saturated heterocycles. The second-order valence-corrected chi connectivity index (χ2v) is 4.96. The van der Waals surface area contributed by atoms with Gasteiger partial charge in [-0.3, -0.25) is 0 Å². The van der Waals surface area contributed by atoms with Gasteiger partial charge < -0.3 is 10.3 Å². The first kappa shape index (κ1) is 13.8. The van der Waals surface area contributed by atoms with Gasteiger partial charge in [0, 0.05) is 6.04 Å². The first-order chi connectivity index (χ1) is 9.27. The summed E-state index contributed by atoms with van der Waals surface area (Å²) in [6.45, 7) is 4.44. The van der Waals surface area contributed by atoms with Crippen LogP contribution in [0.3, 0.4) is 0 Å². The summed E-state index contributed by atoms with van der Waals surface area (Å²) in [6, 6.07) is 10.6. The van der Waals surface area contributed by atoms with Crippen LogP contribution in [0.4, 0.5) is 0 Å². The molecule has 0 amide bonds. The minimum atomic E-state index is -0.102. The molecule has 1 heterocycles. The zero-order chi connectivity index (χ0) is 13.7. The molecule has 2 atom stereocenters. The zero-order valence-corrected chi connectivity index (χ0v) is 11.8. The quantitative estimate of drug-likeness (QED) is 0.857. The van der Waals surface area contributed by atoms with Crippen molar-refractivity contribution in [3.05, 3.63) is 54.1 Å². The summed E-state index contributed by atoms with van der Waals surface area (Å²) >= 11 is 0. The largest absolute Gasteiger partial charge is 0.330 e. The Hall–Kier alpha value is -1.61. The van der Waals surface area contributed by atoms with Gasteiger partial charge in [0.25, 0.3) is 0 Å². The molecule has 0 aliphatic heterocycles. The molecule has 0 spiro atoms. The van der Waals surface area contributed by atoms with Crippen molar-refractivity contribution in [2.45, 2.75) is 45.2 Å². The highest BCUT2D eigenvalue weighted by atomic mass is 15.1. The minimum Gasteiger partial charge on any atom is -0.330 e. The van der Waals surface area contributed by atoms with E-state index in [4.69, 9.17) is 5.73 Å². The van der Waals surface area contributed by atoms with Crippen molar-refractivity contribution < 1.29 is 0 Å². The van der Waals surface area contributed by atoms with E-state index in [9.17, 15) is 0 Å². The molecule has 3 heteroatoms. The van der Waals surface area contributed by atoms with Gasteiger partial charge in [-0.15, -0.1) is 0 Å². The van der Waals surface area contributed by atoms with Crippen LogP contribution in [0.5, 0.6) is 0 Å². The standard InChI is InChI=1S/C16H23N3/c1-3-8-14(4-2)19-12-18-11-15(19)16(17)13-9-6-5-7-10-13/h5-7,9-12,14,16H,3-4,8,17H2,1-2H3. The van der Waals surface area contributed by atoms with Gasteiger partial charge in [-0.25, -0.2) is 4.98 Å². The Morgan fingerprint density at radius 1 is 1.21 bits per heavy atom. The van der Waals surface area contributed by atoms with Crippen molar-refractivity contribution in [2.24, 2.45) is 5.73 Å². The fraction of sp³-hybridized carbons (Fsp3) is 0.438. The number of aromatic nitrogens is 2. The van der Waals surface area contributed by atoms with E-state index in [0.29, 0.717) is 6.04 Å². The first-order valence-electron chi connectivity index (χ1n) is 7.10. The molecule has 102 valence electrons. The Bertz CT molecular complexity index is 490. The number of benzene rings is 1. The lowest BCUT2D eigenvalue weighted by atomic mass is 10.0. The molecule has 0 radical (unpaired) electrons. The third kappa shape index (κ3) is 3.04. The van der Waals surface area contributed by atoms with Crippen molar-refractivity contribution in [1.82, 2.24) is 9.55 Å². The topological polar surface area (TPSA) is 43.8 Å². The van der Waals surface area contributed by atoms with E-state index in [1.807, 2.05) is 30.7 Å². The third-order valence-corrected chi connectivity index (χ3v) is 3.66. The van der Waals surface area contributed by atoms with Crippen LogP contribution in [0, 0.1) is 0 Å². The summed E-state index contributed by atoms with van der Waals surface area (Å²) in [5.74, 6) is 0. The second-order valence-electron chi connectivity index (χ2n) is 4.96. The number of nitrogens with two attached hydrogens (primary N) is 1. The Labute approximate surface area is 115 Å². The molecule has 1 aromatic carbocycles. The molecule has 0 aliphatic rings. The number of hydrogen-bond donors (Lipinski definition) is 1. The van der Waals surface area contributed by atoms with Gasteiger partial charge >= 0.3 is 0 Å². The Morgan fingerprint density at radius 3 is 2.58 bits per heavy atom. The lowest BCUT2D eigenvalue weighted by Gasteiger charge is -2.22. The molecule has 19 heavy (non-hydrogen) atoms. The zero-order valence-electron chi connectivity index (χ0n) is 11.8. The van der Waals surface area contributed by atoms with E-state index >= 15 is 0 Å². The number of imidazole rings is 1. The molecule has 0 saturated carbocycles. The predicted octanol–water partition coefficient (Wildman–Crippen LogP) is 3.68. The Balaban J connectivity index is 2.28. The highest BCUT2D eigenvalue weighted by Gasteiger charge is 2.17. The van der Waals surface area contributed by atoms with Crippen LogP contribution in [0.15, 0.2) is 42.9 Å². The van der Waals surface area contributed by atoms with Crippen LogP contribution in [0.1, 0.15) is 56.5 Å². The Morgan fingerprint density at radius 2 is 1.95 bits per heavy atom. The fourth-order valence-electron chi connectivity index (χ4n) is 2.57. The average Bonchev–Trinajstić information content (AvgIpc) is 2.94. The molecule has 0 fully saturated rings. The average molecular weight is 257 g/mol. The van der Waals surface area contributed by atoms with Crippen LogP contribution in [-0.2, 0) is 0 Å². The van der Waals surface area contributed by atoms with E-state index < -0.39 is 0 Å². The van der Waals surface area contributed by atoms with Gasteiger partial charge in [0.05, 0.1) is 24.3 Å². The van der Waals surface area contributed by atoms with Gasteiger partial charge in [-0.05, 0) is 18.4 Å². The maximum atomic E-state index is 6.39. The highest BCUT2D eigenvalue weighted by Crippen LogP contribution is 2.25. The van der Waals surface area contributed by atoms with Gasteiger partial charge in [-0.1, -0.05) is 50.6 Å². The molecule has 2 unspecified atom stereocenters. The van der Waals surface area contributed by atoms with Crippen molar-refractivity contribution in [3.8, 4) is 0 Å². The number of nitrogens with zero attached hydrogens (tertiary/aromatic N) is 2. The van der Waals surface area contributed by atoms with E-state index in [0.717, 1.165) is 17.7 Å². The number of hydrogen-bond acceptors (Lipinski definition) is 2. The minimum absolute atomic E-state index is 0.102. The predicted molar refractivity (Wildman–Crippen MR) is 78.9 cm³/mol. The molecule has 2 aromatic rings. The Kier molecular flexibility index (Phi) is 4.74. The number of rotatable bonds is 6. The highest BCUT2D eigenvalue weighted by molar-refractivity contribution is 5.26. The van der Waals surface area contributed by atoms with Crippen LogP contribution in [-0.4, -0.2) is 9.55 Å². The van der Waals surface area contributed by atoms with E-state index in [-0.39, 0.29) is 6.04 Å². The molecule has 0 bridgehead atoms. The molecule has 1 aromatic heterocycles. The van der Waals surface area contributed by atoms with E-state index in [2.05, 4.69) is 35.5 Å². The lowest BCUT2D eigenvalue weighted by Crippen LogP contribution is -2.19. The normalized spacial score (nSPS) is 14.3. The van der Waals surface area contributed by atoms with Crippen molar-refractivity contribution in [1.29, 1.82) is 0 Å². The molecule has 2 N–H and O–H groups in total. The summed E-state index contributed by atoms with van der Waals surface area (Å²) in [4.78, 5) is 4.30. The van der Waals surface area contributed by atoms with Crippen LogP contribution < -0.4 is 5.73 Å². The SMILES string of the molecule is CCCC(CC)n1cncc1C(N)c1ccccc1. The maximum absolute atomic E-state index is 6.39. The van der Waals surface area contributed by atoms with Crippen molar-refractivity contribution >= 4 is 0 Å². The summed E-state index contributed by atoms with van der Waals surface area (Å²) in [7, 11) is 0. The van der Waals surface area contributed by atoms with Gasteiger partial charge in [0.2, 0.25) is 0 Å². The summed E-state index contributed by atoms with van der Waals surface area (Å²) in [5, 5.41) is 0. The van der Waals surface area contributed by atoms with Gasteiger partial charge in [0.1, 0.15) is 0 Å². The molecular weight excluding hydrogens is 234 g/mol. The van der Waals surface area contributed by atoms with Crippen molar-refractivity contribution in [3.63, 3.8) is 0 Å². The van der Waals surface area contributed by atoms with Crippen LogP contribution in [0.25, 0.3) is 0 Å². The first-order valence-corrected chi connectivity index (χ1v) is 7.10.